The van der Waals surface area contributed by atoms with Crippen LogP contribution in [0.1, 0.15) is 24.5 Å². The molecule has 0 saturated carbocycles. The van der Waals surface area contributed by atoms with E-state index in [1.165, 1.54) is 11.1 Å². The quantitative estimate of drug-likeness (QED) is 0.594. The van der Waals surface area contributed by atoms with E-state index in [1.807, 2.05) is 18.2 Å². The molecule has 0 amide bonds. The van der Waals surface area contributed by atoms with Crippen LogP contribution in [0.15, 0.2) is 42.5 Å². The fourth-order valence-corrected chi connectivity index (χ4v) is 1.71. The van der Waals surface area contributed by atoms with Gasteiger partial charge in [-0.15, -0.1) is 0 Å². The molecule has 1 fully saturated rings. The molecule has 2 rings (SSSR count). The Balaban J connectivity index is 2.20. The highest BCUT2D eigenvalue weighted by Crippen LogP contribution is 2.31. The van der Waals surface area contributed by atoms with Gasteiger partial charge in [0.1, 0.15) is 6.10 Å². The molecule has 13 heavy (non-hydrogen) atoms. The molecule has 0 radical (unpaired) electrons. The lowest BCUT2D eigenvalue weighted by Gasteiger charge is -2.25. The Labute approximate surface area is 79.0 Å². The van der Waals surface area contributed by atoms with Crippen molar-refractivity contribution >= 4 is 0 Å². The molecule has 1 aromatic carbocycles. The summed E-state index contributed by atoms with van der Waals surface area (Å²) in [6.45, 7) is 4.91. The van der Waals surface area contributed by atoms with Crippen molar-refractivity contribution in [3.63, 3.8) is 0 Å². The van der Waals surface area contributed by atoms with Crippen LogP contribution in [-0.4, -0.2) is 6.61 Å². The lowest BCUT2D eigenvalue weighted by Crippen LogP contribution is -2.13. The van der Waals surface area contributed by atoms with E-state index in [-0.39, 0.29) is 6.10 Å². The lowest BCUT2D eigenvalue weighted by atomic mass is 9.97. The molecule has 0 bridgehead atoms. The number of hydrogen-bond donors (Lipinski definition) is 0. The van der Waals surface area contributed by atoms with Crippen LogP contribution in [0.25, 0.3) is 0 Å². The van der Waals surface area contributed by atoms with E-state index in [2.05, 4.69) is 18.7 Å². The van der Waals surface area contributed by atoms with Crippen molar-refractivity contribution in [1.29, 1.82) is 0 Å². The Morgan fingerprint density at radius 1 is 1.23 bits per heavy atom. The summed E-state index contributed by atoms with van der Waals surface area (Å²) in [5.41, 5.74) is 2.43. The predicted octanol–water partition coefficient (Wildman–Crippen LogP) is 3.09. The van der Waals surface area contributed by atoms with Crippen molar-refractivity contribution in [1.82, 2.24) is 0 Å². The summed E-state index contributed by atoms with van der Waals surface area (Å²) in [5.74, 6) is 0. The van der Waals surface area contributed by atoms with Crippen molar-refractivity contribution in [3.8, 4) is 0 Å². The minimum absolute atomic E-state index is 0.134. The second-order valence-electron chi connectivity index (χ2n) is 3.42. The molecule has 1 nitrogen and oxygen atoms in total. The normalized spacial score (nSPS) is 23.1. The monoisotopic (exact) mass is 174 g/mol. The first kappa shape index (κ1) is 8.52. The second-order valence-corrected chi connectivity index (χ2v) is 3.42. The molecule has 1 aliphatic heterocycles. The zero-order valence-electron chi connectivity index (χ0n) is 7.70. The molecule has 0 aliphatic carbocycles. The van der Waals surface area contributed by atoms with Gasteiger partial charge in [-0.3, -0.25) is 0 Å². The Hall–Kier alpha value is -1.08. The first-order valence-corrected chi connectivity index (χ1v) is 4.72. The highest BCUT2D eigenvalue weighted by atomic mass is 16.5. The molecule has 68 valence electrons. The van der Waals surface area contributed by atoms with Crippen molar-refractivity contribution in [2.75, 3.05) is 6.61 Å². The molecule has 1 unspecified atom stereocenters. The van der Waals surface area contributed by atoms with Crippen LogP contribution in [0.3, 0.4) is 0 Å². The second kappa shape index (κ2) is 3.75. The van der Waals surface area contributed by atoms with Gasteiger partial charge in [-0.05, 0) is 24.0 Å². The summed E-state index contributed by atoms with van der Waals surface area (Å²) < 4.78 is 5.68. The smallest absolute Gasteiger partial charge is 0.103 e. The van der Waals surface area contributed by atoms with Gasteiger partial charge in [0.15, 0.2) is 0 Å². The Morgan fingerprint density at radius 3 is 2.69 bits per heavy atom. The third-order valence-electron chi connectivity index (χ3n) is 2.40. The maximum Gasteiger partial charge on any atom is 0.103 e. The molecule has 1 saturated heterocycles. The van der Waals surface area contributed by atoms with Gasteiger partial charge in [0, 0.05) is 6.61 Å². The largest absolute Gasteiger partial charge is 0.369 e. The van der Waals surface area contributed by atoms with Crippen LogP contribution >= 0.6 is 0 Å². The van der Waals surface area contributed by atoms with Crippen LogP contribution in [0.2, 0.25) is 0 Å². The maximum absolute atomic E-state index is 5.68. The van der Waals surface area contributed by atoms with E-state index in [9.17, 15) is 0 Å². The van der Waals surface area contributed by atoms with E-state index in [1.54, 1.807) is 0 Å². The van der Waals surface area contributed by atoms with Crippen LogP contribution in [0.5, 0.6) is 0 Å². The Bertz CT molecular complexity index is 289. The zero-order valence-corrected chi connectivity index (χ0v) is 7.70. The SMILES string of the molecule is C=C1CCCOC1c1ccccc1. The van der Waals surface area contributed by atoms with Crippen LogP contribution in [0, 0.1) is 0 Å². The average Bonchev–Trinajstić information content (AvgIpc) is 2.20. The first-order valence-electron chi connectivity index (χ1n) is 4.72. The summed E-state index contributed by atoms with van der Waals surface area (Å²) >= 11 is 0. The predicted molar refractivity (Wildman–Crippen MR) is 53.5 cm³/mol. The molecule has 0 N–H and O–H groups in total. The maximum atomic E-state index is 5.68. The standard InChI is InChI=1S/C12H14O/c1-10-6-5-9-13-12(10)11-7-3-2-4-8-11/h2-4,7-8,12H,1,5-6,9H2. The molecule has 0 aromatic heterocycles. The fraction of sp³-hybridized carbons (Fsp3) is 0.333. The van der Waals surface area contributed by atoms with Gasteiger partial charge >= 0.3 is 0 Å². The van der Waals surface area contributed by atoms with Crippen molar-refractivity contribution < 1.29 is 4.74 Å². The van der Waals surface area contributed by atoms with E-state index in [0.29, 0.717) is 0 Å². The summed E-state index contributed by atoms with van der Waals surface area (Å²) in [7, 11) is 0. The van der Waals surface area contributed by atoms with Crippen molar-refractivity contribution in [2.24, 2.45) is 0 Å². The van der Waals surface area contributed by atoms with Gasteiger partial charge in [-0.25, -0.2) is 0 Å². The lowest BCUT2D eigenvalue weighted by molar-refractivity contribution is 0.0528. The minimum Gasteiger partial charge on any atom is -0.369 e. The van der Waals surface area contributed by atoms with Crippen LogP contribution in [-0.2, 0) is 4.74 Å². The Kier molecular flexibility index (Phi) is 2.46. The van der Waals surface area contributed by atoms with Crippen LogP contribution in [0.4, 0.5) is 0 Å². The van der Waals surface area contributed by atoms with Crippen molar-refractivity contribution in [2.45, 2.75) is 18.9 Å². The highest BCUT2D eigenvalue weighted by molar-refractivity contribution is 5.25. The minimum atomic E-state index is 0.134. The summed E-state index contributed by atoms with van der Waals surface area (Å²) in [5, 5.41) is 0. The first-order chi connectivity index (χ1) is 6.38. The summed E-state index contributed by atoms with van der Waals surface area (Å²) in [4.78, 5) is 0. The molecule has 1 aromatic rings. The third kappa shape index (κ3) is 1.81. The number of hydrogen-bond acceptors (Lipinski definition) is 1. The zero-order chi connectivity index (χ0) is 9.10. The van der Waals surface area contributed by atoms with E-state index >= 15 is 0 Å². The summed E-state index contributed by atoms with van der Waals surface area (Å²) in [6, 6.07) is 10.3. The topological polar surface area (TPSA) is 9.23 Å². The molecule has 1 atom stereocenters. The van der Waals surface area contributed by atoms with Crippen molar-refractivity contribution in [3.05, 3.63) is 48.0 Å². The number of ether oxygens (including phenoxy) is 1. The molecule has 1 aliphatic rings. The molecule has 1 heteroatoms. The van der Waals surface area contributed by atoms with Gasteiger partial charge in [-0.2, -0.15) is 0 Å². The van der Waals surface area contributed by atoms with Gasteiger partial charge in [0.05, 0.1) is 0 Å². The number of benzene rings is 1. The van der Waals surface area contributed by atoms with Gasteiger partial charge in [0.25, 0.3) is 0 Å². The fourth-order valence-electron chi connectivity index (χ4n) is 1.71. The van der Waals surface area contributed by atoms with E-state index in [0.717, 1.165) is 19.4 Å². The molecule has 1 heterocycles. The van der Waals surface area contributed by atoms with Gasteiger partial charge in [-0.1, -0.05) is 36.9 Å². The molecular weight excluding hydrogens is 160 g/mol. The number of rotatable bonds is 1. The Morgan fingerprint density at radius 2 is 2.00 bits per heavy atom. The highest BCUT2D eigenvalue weighted by Gasteiger charge is 2.18. The van der Waals surface area contributed by atoms with E-state index in [4.69, 9.17) is 4.74 Å². The van der Waals surface area contributed by atoms with Gasteiger partial charge in [0.2, 0.25) is 0 Å². The van der Waals surface area contributed by atoms with Crippen LogP contribution < -0.4 is 0 Å². The molecular formula is C12H14O. The molecule has 0 spiro atoms. The van der Waals surface area contributed by atoms with Gasteiger partial charge < -0.3 is 4.74 Å². The van der Waals surface area contributed by atoms with E-state index < -0.39 is 0 Å². The average molecular weight is 174 g/mol. The summed E-state index contributed by atoms with van der Waals surface area (Å²) in [6.07, 6.45) is 2.34. The third-order valence-corrected chi connectivity index (χ3v) is 2.40.